The summed E-state index contributed by atoms with van der Waals surface area (Å²) in [5, 5.41) is 6.83. The van der Waals surface area contributed by atoms with Crippen LogP contribution < -0.4 is 10.6 Å². The van der Waals surface area contributed by atoms with Crippen LogP contribution in [0.3, 0.4) is 0 Å². The lowest BCUT2D eigenvalue weighted by atomic mass is 10.1. The number of likely N-dealkylation sites (tertiary alicyclic amines) is 1. The van der Waals surface area contributed by atoms with Gasteiger partial charge in [-0.05, 0) is 29.8 Å². The first-order valence-electron chi connectivity index (χ1n) is 9.68. The van der Waals surface area contributed by atoms with Crippen molar-refractivity contribution in [3.8, 4) is 0 Å². The molecule has 1 aromatic rings. The minimum absolute atomic E-state index is 0.122. The van der Waals surface area contributed by atoms with Crippen molar-refractivity contribution >= 4 is 17.5 Å². The van der Waals surface area contributed by atoms with E-state index in [2.05, 4.69) is 10.6 Å². The highest BCUT2D eigenvalue weighted by atomic mass is 35.5. The number of rotatable bonds is 5. The minimum Gasteiger partial charge on any atom is -0.358 e. The molecule has 0 aliphatic carbocycles. The number of halogens is 3. The van der Waals surface area contributed by atoms with Gasteiger partial charge in [0, 0.05) is 50.2 Å². The number of nitrogens with zero attached hydrogens (tertiary/aromatic N) is 2. The van der Waals surface area contributed by atoms with Crippen molar-refractivity contribution in [1.82, 2.24) is 20.4 Å². The highest BCUT2D eigenvalue weighted by molar-refractivity contribution is 6.30. The summed E-state index contributed by atoms with van der Waals surface area (Å²) in [6.07, 6.45) is 7.14. The number of fused-ring (bicyclic) bond motifs is 1. The van der Waals surface area contributed by atoms with Crippen LogP contribution in [-0.4, -0.2) is 47.4 Å². The van der Waals surface area contributed by atoms with Gasteiger partial charge in [-0.25, -0.2) is 8.78 Å². The van der Waals surface area contributed by atoms with Gasteiger partial charge < -0.3 is 15.5 Å². The van der Waals surface area contributed by atoms with Gasteiger partial charge in [0.25, 0.3) is 11.8 Å². The van der Waals surface area contributed by atoms with Crippen molar-refractivity contribution in [2.75, 3.05) is 19.6 Å². The molecule has 3 heterocycles. The van der Waals surface area contributed by atoms with E-state index in [4.69, 9.17) is 11.6 Å². The maximum Gasteiger partial charge on any atom is 0.269 e. The number of nitrogens with one attached hydrogen (secondary N) is 2. The minimum atomic E-state index is -2.57. The number of allylic oxidation sites excluding steroid dienone is 3. The predicted octanol–water partition coefficient (Wildman–Crippen LogP) is 3.21. The summed E-state index contributed by atoms with van der Waals surface area (Å²) in [6, 6.07) is 7.34. The second-order valence-corrected chi connectivity index (χ2v) is 7.93. The summed E-state index contributed by atoms with van der Waals surface area (Å²) >= 11 is 6.00. The third-order valence-corrected chi connectivity index (χ3v) is 5.62. The number of carbonyl (C=O) groups is 1. The smallest absolute Gasteiger partial charge is 0.269 e. The number of benzene rings is 1. The average molecular weight is 421 g/mol. The normalized spacial score (nSPS) is 23.1. The maximum absolute atomic E-state index is 13.4. The molecule has 1 saturated heterocycles. The topological polar surface area (TPSA) is 47.6 Å². The van der Waals surface area contributed by atoms with E-state index in [1.807, 2.05) is 52.4 Å². The van der Waals surface area contributed by atoms with E-state index in [1.54, 1.807) is 6.07 Å². The summed E-state index contributed by atoms with van der Waals surface area (Å²) in [7, 11) is 0. The molecule has 29 heavy (non-hydrogen) atoms. The second-order valence-electron chi connectivity index (χ2n) is 7.50. The quantitative estimate of drug-likeness (QED) is 0.768. The molecule has 1 unspecified atom stereocenters. The molecular weight excluding hydrogens is 398 g/mol. The fourth-order valence-electron chi connectivity index (χ4n) is 3.79. The van der Waals surface area contributed by atoms with Crippen LogP contribution >= 0.6 is 11.6 Å². The summed E-state index contributed by atoms with van der Waals surface area (Å²) < 4.78 is 26.9. The Morgan fingerprint density at radius 2 is 2.07 bits per heavy atom. The Morgan fingerprint density at radius 3 is 2.83 bits per heavy atom. The second kappa shape index (κ2) is 8.16. The van der Waals surface area contributed by atoms with E-state index in [0.29, 0.717) is 36.9 Å². The van der Waals surface area contributed by atoms with E-state index < -0.39 is 5.92 Å². The summed E-state index contributed by atoms with van der Waals surface area (Å²) in [5.74, 6) is -2.78. The zero-order valence-corrected chi connectivity index (χ0v) is 16.6. The molecule has 0 saturated carbocycles. The van der Waals surface area contributed by atoms with Crippen molar-refractivity contribution in [1.29, 1.82) is 0 Å². The van der Waals surface area contributed by atoms with Gasteiger partial charge in [-0.1, -0.05) is 29.8 Å². The lowest BCUT2D eigenvalue weighted by molar-refractivity contribution is -0.118. The number of hydrogen-bond donors (Lipinski definition) is 2. The molecule has 0 spiro atoms. The monoisotopic (exact) mass is 420 g/mol. The van der Waals surface area contributed by atoms with Crippen LogP contribution in [0.4, 0.5) is 8.78 Å². The molecule has 154 valence electrons. The van der Waals surface area contributed by atoms with E-state index >= 15 is 0 Å². The SMILES string of the molecule is O=C(NCc1cccc(Cl)c1)C1=C2C=CC=CN2C(CN2CCC(F)(F)CC2)N1. The average Bonchev–Trinajstić information content (AvgIpc) is 3.07. The molecule has 5 nitrogen and oxygen atoms in total. The fraction of sp³-hybridized carbons (Fsp3) is 0.381. The van der Waals surface area contributed by atoms with E-state index in [9.17, 15) is 13.6 Å². The van der Waals surface area contributed by atoms with Crippen LogP contribution in [0.15, 0.2) is 60.1 Å². The van der Waals surface area contributed by atoms with Gasteiger partial charge in [-0.15, -0.1) is 0 Å². The Hall–Kier alpha value is -2.38. The van der Waals surface area contributed by atoms with E-state index in [1.165, 1.54) is 0 Å². The molecule has 8 heteroatoms. The Balaban J connectivity index is 1.41. The number of alkyl halides is 2. The van der Waals surface area contributed by atoms with Crippen LogP contribution in [0.2, 0.25) is 5.02 Å². The molecule has 1 fully saturated rings. The Labute approximate surface area is 173 Å². The highest BCUT2D eigenvalue weighted by Gasteiger charge is 2.38. The Kier molecular flexibility index (Phi) is 5.61. The molecule has 0 radical (unpaired) electrons. The zero-order chi connectivity index (χ0) is 20.4. The first kappa shape index (κ1) is 19.9. The molecule has 4 rings (SSSR count). The van der Waals surface area contributed by atoms with Crippen LogP contribution in [-0.2, 0) is 11.3 Å². The van der Waals surface area contributed by atoms with E-state index in [-0.39, 0.29) is 24.9 Å². The number of amides is 1. The molecular formula is C21H23ClF2N4O. The largest absolute Gasteiger partial charge is 0.358 e. The van der Waals surface area contributed by atoms with Crippen molar-refractivity contribution in [3.63, 3.8) is 0 Å². The first-order chi connectivity index (χ1) is 13.9. The number of carbonyl (C=O) groups excluding carboxylic acids is 1. The van der Waals surface area contributed by atoms with Crippen molar-refractivity contribution in [2.45, 2.75) is 31.5 Å². The molecule has 2 N–H and O–H groups in total. The zero-order valence-electron chi connectivity index (χ0n) is 15.9. The highest BCUT2D eigenvalue weighted by Crippen LogP contribution is 2.30. The summed E-state index contributed by atoms with van der Waals surface area (Å²) in [4.78, 5) is 16.8. The van der Waals surface area contributed by atoms with Gasteiger partial charge in [0.05, 0.1) is 5.70 Å². The van der Waals surface area contributed by atoms with Crippen LogP contribution in [0.25, 0.3) is 0 Å². The lowest BCUT2D eigenvalue weighted by Crippen LogP contribution is -2.49. The fourth-order valence-corrected chi connectivity index (χ4v) is 4.00. The van der Waals surface area contributed by atoms with Crippen LogP contribution in [0.5, 0.6) is 0 Å². The molecule has 1 atom stereocenters. The van der Waals surface area contributed by atoms with Crippen molar-refractivity contribution < 1.29 is 13.6 Å². The summed E-state index contributed by atoms with van der Waals surface area (Å²) in [5.41, 5.74) is 2.18. The van der Waals surface area contributed by atoms with Gasteiger partial charge in [-0.2, -0.15) is 0 Å². The molecule has 3 aliphatic rings. The molecule has 3 aliphatic heterocycles. The molecule has 1 aromatic carbocycles. The first-order valence-corrected chi connectivity index (χ1v) is 10.1. The third kappa shape index (κ3) is 4.62. The third-order valence-electron chi connectivity index (χ3n) is 5.38. The maximum atomic E-state index is 13.4. The van der Waals surface area contributed by atoms with Gasteiger partial charge >= 0.3 is 0 Å². The van der Waals surface area contributed by atoms with Gasteiger partial charge in [-0.3, -0.25) is 9.69 Å². The van der Waals surface area contributed by atoms with Gasteiger partial charge in [0.1, 0.15) is 11.9 Å². The Bertz CT molecular complexity index is 873. The lowest BCUT2D eigenvalue weighted by Gasteiger charge is -2.35. The van der Waals surface area contributed by atoms with Crippen molar-refractivity contribution in [2.24, 2.45) is 0 Å². The van der Waals surface area contributed by atoms with Crippen LogP contribution in [0, 0.1) is 0 Å². The molecule has 0 aromatic heterocycles. The van der Waals surface area contributed by atoms with Gasteiger partial charge in [0.15, 0.2) is 0 Å². The predicted molar refractivity (Wildman–Crippen MR) is 108 cm³/mol. The standard InChI is InChI=1S/C21H23ClF2N4O/c22-16-5-3-4-15(12-16)13-25-20(29)19-17-6-1-2-9-28(17)18(26-19)14-27-10-7-21(23,24)8-11-27/h1-6,9,12,18,26H,7-8,10-11,13-14H2,(H,25,29). The van der Waals surface area contributed by atoms with Crippen LogP contribution in [0.1, 0.15) is 18.4 Å². The van der Waals surface area contributed by atoms with Crippen molar-refractivity contribution in [3.05, 3.63) is 70.7 Å². The van der Waals surface area contributed by atoms with Gasteiger partial charge in [0.2, 0.25) is 0 Å². The molecule has 0 bridgehead atoms. The Morgan fingerprint density at radius 1 is 1.28 bits per heavy atom. The summed E-state index contributed by atoms with van der Waals surface area (Å²) in [6.45, 7) is 1.63. The molecule has 1 amide bonds. The number of hydrogen-bond acceptors (Lipinski definition) is 4. The van der Waals surface area contributed by atoms with E-state index in [0.717, 1.165) is 11.3 Å². The number of piperidine rings is 1.